The fraction of sp³-hybridized carbons (Fsp3) is 0.364. The summed E-state index contributed by atoms with van der Waals surface area (Å²) in [5.41, 5.74) is 0.347. The zero-order valence-electron chi connectivity index (χ0n) is 10.1. The third kappa shape index (κ3) is 5.82. The van der Waals surface area contributed by atoms with Gasteiger partial charge in [-0.2, -0.15) is 0 Å². The standard InChI is InChI=1S/C11H12BrF3N2O2/c1-6(2)16-10(18)17-7-3-4-9(8(12)5-7)19-11(13,14)15/h3-6H,1-2H3,(H2,16,17,18). The number of benzene rings is 1. The summed E-state index contributed by atoms with van der Waals surface area (Å²) in [6.07, 6.45) is -4.76. The molecule has 0 aliphatic heterocycles. The summed E-state index contributed by atoms with van der Waals surface area (Å²) in [5.74, 6) is -0.373. The molecule has 0 bridgehead atoms. The second kappa shape index (κ2) is 6.14. The van der Waals surface area contributed by atoms with Gasteiger partial charge in [0.15, 0.2) is 0 Å². The molecule has 0 radical (unpaired) electrons. The maximum atomic E-state index is 12.1. The summed E-state index contributed by atoms with van der Waals surface area (Å²) in [6, 6.07) is 3.26. The molecule has 1 aromatic rings. The first kappa shape index (κ1) is 15.6. The van der Waals surface area contributed by atoms with Gasteiger partial charge in [0.05, 0.1) is 4.47 Å². The lowest BCUT2D eigenvalue weighted by Crippen LogP contribution is -2.34. The molecule has 0 aliphatic carbocycles. The van der Waals surface area contributed by atoms with Crippen LogP contribution >= 0.6 is 15.9 Å². The van der Waals surface area contributed by atoms with Crippen LogP contribution in [0, 0.1) is 0 Å². The molecule has 2 amide bonds. The number of urea groups is 1. The predicted octanol–water partition coefficient (Wildman–Crippen LogP) is 3.88. The number of amides is 2. The number of alkyl halides is 3. The van der Waals surface area contributed by atoms with Crippen LogP contribution in [0.2, 0.25) is 0 Å². The quantitative estimate of drug-likeness (QED) is 0.877. The molecule has 19 heavy (non-hydrogen) atoms. The Morgan fingerprint density at radius 1 is 1.37 bits per heavy atom. The summed E-state index contributed by atoms with van der Waals surface area (Å²) in [6.45, 7) is 3.57. The second-order valence-electron chi connectivity index (χ2n) is 3.95. The lowest BCUT2D eigenvalue weighted by atomic mass is 10.3. The van der Waals surface area contributed by atoms with Gasteiger partial charge in [0.25, 0.3) is 0 Å². The van der Waals surface area contributed by atoms with E-state index in [-0.39, 0.29) is 16.3 Å². The van der Waals surface area contributed by atoms with Gasteiger partial charge >= 0.3 is 12.4 Å². The number of rotatable bonds is 3. The number of hydrogen-bond acceptors (Lipinski definition) is 2. The molecular formula is C11H12BrF3N2O2. The summed E-state index contributed by atoms with van der Waals surface area (Å²) >= 11 is 2.94. The van der Waals surface area contributed by atoms with Crippen molar-refractivity contribution in [1.82, 2.24) is 5.32 Å². The lowest BCUT2D eigenvalue weighted by molar-refractivity contribution is -0.274. The van der Waals surface area contributed by atoms with Crippen molar-refractivity contribution in [3.63, 3.8) is 0 Å². The molecule has 0 saturated heterocycles. The summed E-state index contributed by atoms with van der Waals surface area (Å²) < 4.78 is 40.0. The Morgan fingerprint density at radius 3 is 2.47 bits per heavy atom. The van der Waals surface area contributed by atoms with Crippen molar-refractivity contribution in [2.45, 2.75) is 26.3 Å². The molecule has 8 heteroatoms. The van der Waals surface area contributed by atoms with Crippen molar-refractivity contribution >= 4 is 27.6 Å². The maximum absolute atomic E-state index is 12.1. The van der Waals surface area contributed by atoms with Crippen LogP contribution in [0.1, 0.15) is 13.8 Å². The highest BCUT2D eigenvalue weighted by molar-refractivity contribution is 9.10. The third-order valence-electron chi connectivity index (χ3n) is 1.84. The van der Waals surface area contributed by atoms with Crippen molar-refractivity contribution in [2.75, 3.05) is 5.32 Å². The zero-order chi connectivity index (χ0) is 14.6. The molecule has 0 fully saturated rings. The molecule has 0 aliphatic rings. The van der Waals surface area contributed by atoms with E-state index in [1.165, 1.54) is 12.1 Å². The van der Waals surface area contributed by atoms with E-state index < -0.39 is 12.4 Å². The minimum atomic E-state index is -4.76. The van der Waals surface area contributed by atoms with Gasteiger partial charge in [0.2, 0.25) is 0 Å². The fourth-order valence-electron chi connectivity index (χ4n) is 1.22. The Hall–Kier alpha value is -1.44. The molecule has 0 heterocycles. The number of carbonyl (C=O) groups is 1. The zero-order valence-corrected chi connectivity index (χ0v) is 11.7. The van der Waals surface area contributed by atoms with Crippen LogP contribution in [-0.2, 0) is 0 Å². The first-order valence-electron chi connectivity index (χ1n) is 5.30. The number of halogens is 4. The largest absolute Gasteiger partial charge is 0.573 e. The van der Waals surface area contributed by atoms with E-state index in [2.05, 4.69) is 31.3 Å². The molecule has 1 aromatic carbocycles. The molecule has 0 unspecified atom stereocenters. The van der Waals surface area contributed by atoms with Crippen LogP contribution in [0.3, 0.4) is 0 Å². The van der Waals surface area contributed by atoms with E-state index in [1.54, 1.807) is 13.8 Å². The average molecular weight is 341 g/mol. The van der Waals surface area contributed by atoms with E-state index in [0.717, 1.165) is 6.07 Å². The van der Waals surface area contributed by atoms with Crippen LogP contribution < -0.4 is 15.4 Å². The number of nitrogens with one attached hydrogen (secondary N) is 2. The van der Waals surface area contributed by atoms with E-state index in [0.29, 0.717) is 5.69 Å². The first-order valence-corrected chi connectivity index (χ1v) is 6.09. The Morgan fingerprint density at radius 2 is 2.00 bits per heavy atom. The van der Waals surface area contributed by atoms with Gasteiger partial charge in [-0.25, -0.2) is 4.79 Å². The number of hydrogen-bond donors (Lipinski definition) is 2. The van der Waals surface area contributed by atoms with Gasteiger partial charge in [-0.05, 0) is 48.0 Å². The Labute approximate surface area is 116 Å². The normalized spacial score (nSPS) is 11.3. The molecule has 0 spiro atoms. The third-order valence-corrected chi connectivity index (χ3v) is 2.45. The van der Waals surface area contributed by atoms with E-state index in [4.69, 9.17) is 0 Å². The molecule has 106 valence electrons. The monoisotopic (exact) mass is 340 g/mol. The highest BCUT2D eigenvalue weighted by Gasteiger charge is 2.31. The van der Waals surface area contributed by atoms with Crippen molar-refractivity contribution < 1.29 is 22.7 Å². The molecule has 0 atom stereocenters. The van der Waals surface area contributed by atoms with Gasteiger partial charge in [0, 0.05) is 11.7 Å². The first-order chi connectivity index (χ1) is 8.67. The minimum Gasteiger partial charge on any atom is -0.405 e. The SMILES string of the molecule is CC(C)NC(=O)Nc1ccc(OC(F)(F)F)c(Br)c1. The van der Waals surface area contributed by atoms with E-state index in [9.17, 15) is 18.0 Å². The van der Waals surface area contributed by atoms with Crippen LogP contribution in [0.15, 0.2) is 22.7 Å². The molecule has 0 aromatic heterocycles. The number of ether oxygens (including phenoxy) is 1. The van der Waals surface area contributed by atoms with Crippen LogP contribution in [0.5, 0.6) is 5.75 Å². The maximum Gasteiger partial charge on any atom is 0.573 e. The Balaban J connectivity index is 2.74. The highest BCUT2D eigenvalue weighted by atomic mass is 79.9. The van der Waals surface area contributed by atoms with Gasteiger partial charge < -0.3 is 15.4 Å². The van der Waals surface area contributed by atoms with E-state index in [1.807, 2.05) is 0 Å². The summed E-state index contributed by atoms with van der Waals surface area (Å²) in [4.78, 5) is 11.4. The van der Waals surface area contributed by atoms with Crippen molar-refractivity contribution in [2.24, 2.45) is 0 Å². The molecule has 1 rings (SSSR count). The van der Waals surface area contributed by atoms with Crippen LogP contribution in [0.4, 0.5) is 23.7 Å². The minimum absolute atomic E-state index is 0.0451. The van der Waals surface area contributed by atoms with Crippen LogP contribution in [-0.4, -0.2) is 18.4 Å². The number of carbonyl (C=O) groups excluding carboxylic acids is 1. The topological polar surface area (TPSA) is 50.4 Å². The van der Waals surface area contributed by atoms with Crippen molar-refractivity contribution in [3.05, 3.63) is 22.7 Å². The van der Waals surface area contributed by atoms with Crippen LogP contribution in [0.25, 0.3) is 0 Å². The van der Waals surface area contributed by atoms with Gasteiger partial charge in [-0.1, -0.05) is 0 Å². The number of anilines is 1. The van der Waals surface area contributed by atoms with Gasteiger partial charge in [0.1, 0.15) is 5.75 Å². The van der Waals surface area contributed by atoms with Gasteiger partial charge in [-0.3, -0.25) is 0 Å². The molecule has 4 nitrogen and oxygen atoms in total. The second-order valence-corrected chi connectivity index (χ2v) is 4.80. The summed E-state index contributed by atoms with van der Waals surface area (Å²) in [7, 11) is 0. The summed E-state index contributed by atoms with van der Waals surface area (Å²) in [5, 5.41) is 5.07. The highest BCUT2D eigenvalue weighted by Crippen LogP contribution is 2.32. The average Bonchev–Trinajstić information content (AvgIpc) is 2.19. The van der Waals surface area contributed by atoms with E-state index >= 15 is 0 Å². The van der Waals surface area contributed by atoms with Gasteiger partial charge in [-0.15, -0.1) is 13.2 Å². The smallest absolute Gasteiger partial charge is 0.405 e. The Bertz CT molecular complexity index is 464. The molecule has 0 saturated carbocycles. The lowest BCUT2D eigenvalue weighted by Gasteiger charge is -2.13. The van der Waals surface area contributed by atoms with Crippen molar-refractivity contribution in [1.29, 1.82) is 0 Å². The van der Waals surface area contributed by atoms with Crippen molar-refractivity contribution in [3.8, 4) is 5.75 Å². The fourth-order valence-corrected chi connectivity index (χ4v) is 1.68. The molecular weight excluding hydrogens is 329 g/mol. The Kier molecular flexibility index (Phi) is 5.04. The predicted molar refractivity (Wildman–Crippen MR) is 68.1 cm³/mol. The molecule has 2 N–H and O–H groups in total.